The highest BCUT2D eigenvalue weighted by Crippen LogP contribution is 2.33. The van der Waals surface area contributed by atoms with Crippen LogP contribution in [0.5, 0.6) is 11.5 Å². The third-order valence-electron chi connectivity index (χ3n) is 1.85. The van der Waals surface area contributed by atoms with Crippen LogP contribution in [-0.4, -0.2) is 24.7 Å². The summed E-state index contributed by atoms with van der Waals surface area (Å²) in [5.41, 5.74) is 0.741. The lowest BCUT2D eigenvalue weighted by atomic mass is 10.1. The molecule has 0 aliphatic rings. The fourth-order valence-electron chi connectivity index (χ4n) is 1.13. The van der Waals surface area contributed by atoms with Gasteiger partial charge in [0.15, 0.2) is 17.3 Å². The van der Waals surface area contributed by atoms with Crippen LogP contribution in [0.25, 0.3) is 0 Å². The summed E-state index contributed by atoms with van der Waals surface area (Å²) in [6.45, 7) is 4.73. The Bertz CT molecular complexity index is 385. The second kappa shape index (κ2) is 3.91. The predicted octanol–water partition coefficient (Wildman–Crippen LogP) is 1.94. The first-order chi connectivity index (χ1) is 6.60. The molecule has 0 unspecified atom stereocenters. The number of phenols is 1. The van der Waals surface area contributed by atoms with Gasteiger partial charge >= 0.3 is 0 Å². The van der Waals surface area contributed by atoms with Gasteiger partial charge in [-0.2, -0.15) is 0 Å². The van der Waals surface area contributed by atoms with Gasteiger partial charge in [0.05, 0.1) is 12.8 Å². The topological polar surface area (TPSA) is 58.9 Å². The maximum atomic E-state index is 11.2. The van der Waals surface area contributed by atoms with Crippen molar-refractivity contribution < 1.29 is 14.6 Å². The van der Waals surface area contributed by atoms with Crippen LogP contribution in [0.15, 0.2) is 17.1 Å². The molecule has 4 heteroatoms. The van der Waals surface area contributed by atoms with E-state index in [9.17, 15) is 9.90 Å². The molecular weight excluding hydrogens is 182 g/mol. The highest BCUT2D eigenvalue weighted by Gasteiger charge is 2.11. The number of ether oxygens (including phenoxy) is 1. The summed E-state index contributed by atoms with van der Waals surface area (Å²) < 4.78 is 4.87. The van der Waals surface area contributed by atoms with E-state index in [2.05, 4.69) is 11.7 Å². The average Bonchev–Trinajstić information content (AvgIpc) is 2.16. The molecule has 1 aromatic rings. The van der Waals surface area contributed by atoms with Crippen molar-refractivity contribution in [1.29, 1.82) is 0 Å². The van der Waals surface area contributed by atoms with Crippen LogP contribution in [0.1, 0.15) is 17.3 Å². The van der Waals surface area contributed by atoms with Gasteiger partial charge < -0.3 is 9.84 Å². The molecule has 1 aromatic carbocycles. The number of phenolic OH excluding ortho intramolecular Hbond substituents is 1. The van der Waals surface area contributed by atoms with E-state index < -0.39 is 0 Å². The van der Waals surface area contributed by atoms with Crippen molar-refractivity contribution >= 4 is 18.2 Å². The lowest BCUT2D eigenvalue weighted by molar-refractivity contribution is 0.101. The van der Waals surface area contributed by atoms with E-state index >= 15 is 0 Å². The van der Waals surface area contributed by atoms with Gasteiger partial charge in [-0.25, -0.2) is 0 Å². The summed E-state index contributed by atoms with van der Waals surface area (Å²) in [7, 11) is 1.42. The van der Waals surface area contributed by atoms with Gasteiger partial charge in [0, 0.05) is 11.6 Å². The van der Waals surface area contributed by atoms with Gasteiger partial charge in [-0.15, -0.1) is 0 Å². The SMILES string of the molecule is C=Nc1cc(O)c(OC)cc1C(C)=O. The van der Waals surface area contributed by atoms with Crippen molar-refractivity contribution in [2.24, 2.45) is 4.99 Å². The summed E-state index contributed by atoms with van der Waals surface area (Å²) in [6, 6.07) is 2.80. The molecule has 74 valence electrons. The van der Waals surface area contributed by atoms with E-state index in [0.717, 1.165) is 0 Å². The van der Waals surface area contributed by atoms with E-state index in [0.29, 0.717) is 11.3 Å². The van der Waals surface area contributed by atoms with E-state index in [1.807, 2.05) is 0 Å². The minimum Gasteiger partial charge on any atom is -0.504 e. The zero-order valence-corrected chi connectivity index (χ0v) is 8.07. The Balaban J connectivity index is 3.39. The van der Waals surface area contributed by atoms with Crippen LogP contribution in [0.2, 0.25) is 0 Å². The van der Waals surface area contributed by atoms with Crippen LogP contribution in [0, 0.1) is 0 Å². The summed E-state index contributed by atoms with van der Waals surface area (Å²) in [5.74, 6) is 0.0493. The van der Waals surface area contributed by atoms with Crippen molar-refractivity contribution in [1.82, 2.24) is 0 Å². The second-order valence-electron chi connectivity index (χ2n) is 2.76. The third-order valence-corrected chi connectivity index (χ3v) is 1.85. The molecule has 0 atom stereocenters. The first-order valence-corrected chi connectivity index (χ1v) is 3.98. The zero-order valence-electron chi connectivity index (χ0n) is 8.07. The number of methoxy groups -OCH3 is 1. The number of ketones is 1. The molecule has 0 aromatic heterocycles. The third kappa shape index (κ3) is 1.74. The normalized spacial score (nSPS) is 9.57. The Morgan fingerprint density at radius 3 is 2.64 bits per heavy atom. The number of rotatable bonds is 3. The van der Waals surface area contributed by atoms with Gasteiger partial charge in [0.2, 0.25) is 0 Å². The lowest BCUT2D eigenvalue weighted by Gasteiger charge is -2.07. The highest BCUT2D eigenvalue weighted by atomic mass is 16.5. The molecule has 0 saturated carbocycles. The molecule has 0 spiro atoms. The first-order valence-electron chi connectivity index (χ1n) is 3.98. The number of hydrogen-bond donors (Lipinski definition) is 1. The number of Topliss-reactive ketones (excluding diaryl/α,β-unsaturated/α-hetero) is 1. The van der Waals surface area contributed by atoms with Crippen molar-refractivity contribution in [2.75, 3.05) is 7.11 Å². The first kappa shape index (κ1) is 10.2. The van der Waals surface area contributed by atoms with Crippen LogP contribution < -0.4 is 4.74 Å². The van der Waals surface area contributed by atoms with E-state index in [1.54, 1.807) is 0 Å². The molecule has 0 aliphatic heterocycles. The van der Waals surface area contributed by atoms with E-state index in [-0.39, 0.29) is 17.3 Å². The molecule has 0 radical (unpaired) electrons. The standard InChI is InChI=1S/C10H11NO3/c1-6(12)7-4-10(14-3)9(13)5-8(7)11-2/h4-5,13H,2H2,1,3H3. The average molecular weight is 193 g/mol. The van der Waals surface area contributed by atoms with Crippen molar-refractivity contribution in [2.45, 2.75) is 6.92 Å². The molecule has 0 aliphatic carbocycles. The Labute approximate surface area is 81.9 Å². The number of carbonyl (C=O) groups is 1. The number of benzene rings is 1. The number of hydrogen-bond acceptors (Lipinski definition) is 4. The zero-order chi connectivity index (χ0) is 10.7. The van der Waals surface area contributed by atoms with Crippen molar-refractivity contribution in [3.05, 3.63) is 17.7 Å². The Hall–Kier alpha value is -1.84. The molecule has 0 heterocycles. The number of nitrogens with zero attached hydrogens (tertiary/aromatic N) is 1. The molecule has 14 heavy (non-hydrogen) atoms. The fraction of sp³-hybridized carbons (Fsp3) is 0.200. The monoisotopic (exact) mass is 193 g/mol. The lowest BCUT2D eigenvalue weighted by Crippen LogP contribution is -1.94. The van der Waals surface area contributed by atoms with E-state index in [1.165, 1.54) is 26.2 Å². The van der Waals surface area contributed by atoms with Gasteiger partial charge in [0.25, 0.3) is 0 Å². The quantitative estimate of drug-likeness (QED) is 0.589. The Kier molecular flexibility index (Phi) is 2.86. The number of aromatic hydroxyl groups is 1. The molecule has 4 nitrogen and oxygen atoms in total. The van der Waals surface area contributed by atoms with Crippen LogP contribution >= 0.6 is 0 Å². The van der Waals surface area contributed by atoms with Crippen molar-refractivity contribution in [3.63, 3.8) is 0 Å². The largest absolute Gasteiger partial charge is 0.504 e. The predicted molar refractivity (Wildman–Crippen MR) is 53.9 cm³/mol. The highest BCUT2D eigenvalue weighted by molar-refractivity contribution is 6.00. The Morgan fingerprint density at radius 1 is 1.57 bits per heavy atom. The molecule has 1 N–H and O–H groups in total. The van der Waals surface area contributed by atoms with Gasteiger partial charge in [-0.1, -0.05) is 0 Å². The second-order valence-corrected chi connectivity index (χ2v) is 2.76. The van der Waals surface area contributed by atoms with Gasteiger partial charge in [-0.3, -0.25) is 9.79 Å². The molecular formula is C10H11NO3. The molecule has 0 fully saturated rings. The van der Waals surface area contributed by atoms with Gasteiger partial charge in [-0.05, 0) is 19.7 Å². The minimum atomic E-state index is -0.147. The summed E-state index contributed by atoms with van der Waals surface area (Å²) >= 11 is 0. The smallest absolute Gasteiger partial charge is 0.162 e. The maximum absolute atomic E-state index is 11.2. The summed E-state index contributed by atoms with van der Waals surface area (Å²) in [4.78, 5) is 14.8. The van der Waals surface area contributed by atoms with Crippen LogP contribution in [0.4, 0.5) is 5.69 Å². The van der Waals surface area contributed by atoms with Crippen LogP contribution in [-0.2, 0) is 0 Å². The molecule has 0 bridgehead atoms. The van der Waals surface area contributed by atoms with Crippen molar-refractivity contribution in [3.8, 4) is 11.5 Å². The summed E-state index contributed by atoms with van der Waals surface area (Å²) in [6.07, 6.45) is 0. The molecule has 0 saturated heterocycles. The number of aliphatic imine (C=N–C) groups is 1. The minimum absolute atomic E-state index is 0.0556. The Morgan fingerprint density at radius 2 is 2.21 bits per heavy atom. The summed E-state index contributed by atoms with van der Waals surface area (Å²) in [5, 5.41) is 9.40. The van der Waals surface area contributed by atoms with Crippen LogP contribution in [0.3, 0.4) is 0 Å². The van der Waals surface area contributed by atoms with E-state index in [4.69, 9.17) is 4.74 Å². The van der Waals surface area contributed by atoms with Gasteiger partial charge in [0.1, 0.15) is 0 Å². The maximum Gasteiger partial charge on any atom is 0.162 e. The fourth-order valence-corrected chi connectivity index (χ4v) is 1.13. The molecule has 1 rings (SSSR count). The molecule has 0 amide bonds. The number of carbonyl (C=O) groups excluding carboxylic acids is 1.